The summed E-state index contributed by atoms with van der Waals surface area (Å²) in [4.78, 5) is 23.7. The number of rotatable bonds is 7. The molecule has 2 aromatic carbocycles. The second-order valence-corrected chi connectivity index (χ2v) is 5.85. The average Bonchev–Trinajstić information content (AvgIpc) is 2.55. The molecule has 2 aromatic rings. The standard InChI is InChI=1S/C19H19ClO5/c1-13-9-10-16(23-2)17(11-13)25-19(22)8-4-7-18(21)24-15-6-3-5-14(20)12-15/h3,5-6,9-12H,4,7-8H2,1-2H3. The van der Waals surface area contributed by atoms with E-state index in [9.17, 15) is 9.59 Å². The highest BCUT2D eigenvalue weighted by Crippen LogP contribution is 2.28. The first-order valence-electron chi connectivity index (χ1n) is 7.79. The Morgan fingerprint density at radius 2 is 1.68 bits per heavy atom. The zero-order chi connectivity index (χ0) is 18.2. The van der Waals surface area contributed by atoms with Crippen molar-refractivity contribution in [2.24, 2.45) is 0 Å². The van der Waals surface area contributed by atoms with Crippen molar-refractivity contribution in [1.82, 2.24) is 0 Å². The predicted molar refractivity (Wildman–Crippen MR) is 94.3 cm³/mol. The summed E-state index contributed by atoms with van der Waals surface area (Å²) < 4.78 is 15.6. The summed E-state index contributed by atoms with van der Waals surface area (Å²) in [5, 5.41) is 0.487. The van der Waals surface area contributed by atoms with Gasteiger partial charge in [0.25, 0.3) is 0 Å². The van der Waals surface area contributed by atoms with Crippen LogP contribution in [-0.2, 0) is 9.59 Å². The zero-order valence-corrected chi connectivity index (χ0v) is 14.8. The maximum Gasteiger partial charge on any atom is 0.311 e. The zero-order valence-electron chi connectivity index (χ0n) is 14.1. The SMILES string of the molecule is COc1ccc(C)cc1OC(=O)CCCC(=O)Oc1cccc(Cl)c1. The summed E-state index contributed by atoms with van der Waals surface area (Å²) in [7, 11) is 1.51. The molecule has 0 amide bonds. The monoisotopic (exact) mass is 362 g/mol. The average molecular weight is 363 g/mol. The largest absolute Gasteiger partial charge is 0.493 e. The molecule has 0 N–H and O–H groups in total. The molecule has 0 unspecified atom stereocenters. The van der Waals surface area contributed by atoms with Crippen molar-refractivity contribution in [2.75, 3.05) is 7.11 Å². The van der Waals surface area contributed by atoms with Gasteiger partial charge in [-0.2, -0.15) is 0 Å². The highest BCUT2D eigenvalue weighted by Gasteiger charge is 2.12. The molecule has 5 nitrogen and oxygen atoms in total. The van der Waals surface area contributed by atoms with Crippen molar-refractivity contribution in [3.63, 3.8) is 0 Å². The number of benzene rings is 2. The Morgan fingerprint density at radius 1 is 0.960 bits per heavy atom. The Bertz CT molecular complexity index is 757. The molecule has 2 rings (SSSR count). The predicted octanol–water partition coefficient (Wildman–Crippen LogP) is 4.34. The lowest BCUT2D eigenvalue weighted by Crippen LogP contribution is -2.12. The maximum atomic E-state index is 11.9. The molecule has 0 aliphatic rings. The summed E-state index contributed by atoms with van der Waals surface area (Å²) in [6.45, 7) is 1.89. The van der Waals surface area contributed by atoms with Crippen LogP contribution in [0.3, 0.4) is 0 Å². The summed E-state index contributed by atoms with van der Waals surface area (Å²) in [5.74, 6) is 0.376. The molecule has 0 spiro atoms. The minimum Gasteiger partial charge on any atom is -0.493 e. The first kappa shape index (κ1) is 18.8. The lowest BCUT2D eigenvalue weighted by atomic mass is 10.2. The minimum atomic E-state index is -0.431. The third-order valence-corrected chi connectivity index (χ3v) is 3.57. The quantitative estimate of drug-likeness (QED) is 0.541. The fourth-order valence-electron chi connectivity index (χ4n) is 2.13. The number of hydrogen-bond donors (Lipinski definition) is 0. The molecule has 0 fully saturated rings. The summed E-state index contributed by atoms with van der Waals surface area (Å²) in [6.07, 6.45) is 0.528. The Kier molecular flexibility index (Phi) is 6.83. The Balaban J connectivity index is 1.78. The lowest BCUT2D eigenvalue weighted by Gasteiger charge is -2.10. The van der Waals surface area contributed by atoms with E-state index in [0.29, 0.717) is 28.7 Å². The third kappa shape index (κ3) is 6.12. The molecule has 0 bridgehead atoms. The van der Waals surface area contributed by atoms with Gasteiger partial charge in [0.2, 0.25) is 0 Å². The summed E-state index contributed by atoms with van der Waals surface area (Å²) in [6, 6.07) is 11.9. The van der Waals surface area contributed by atoms with Gasteiger partial charge in [0, 0.05) is 17.9 Å². The van der Waals surface area contributed by atoms with E-state index in [2.05, 4.69) is 0 Å². The molecule has 25 heavy (non-hydrogen) atoms. The van der Waals surface area contributed by atoms with Crippen LogP contribution in [0.2, 0.25) is 5.02 Å². The number of ether oxygens (including phenoxy) is 3. The number of esters is 2. The maximum absolute atomic E-state index is 11.9. The van der Waals surface area contributed by atoms with Gasteiger partial charge in [-0.3, -0.25) is 9.59 Å². The van der Waals surface area contributed by atoms with E-state index in [1.54, 1.807) is 36.4 Å². The van der Waals surface area contributed by atoms with Crippen LogP contribution in [-0.4, -0.2) is 19.0 Å². The van der Waals surface area contributed by atoms with Gasteiger partial charge in [-0.25, -0.2) is 0 Å². The van der Waals surface area contributed by atoms with Crippen molar-refractivity contribution in [1.29, 1.82) is 0 Å². The Morgan fingerprint density at radius 3 is 2.36 bits per heavy atom. The van der Waals surface area contributed by atoms with Gasteiger partial charge in [0.1, 0.15) is 5.75 Å². The van der Waals surface area contributed by atoms with Gasteiger partial charge in [-0.05, 0) is 49.2 Å². The van der Waals surface area contributed by atoms with Crippen LogP contribution >= 0.6 is 11.6 Å². The van der Waals surface area contributed by atoms with Crippen molar-refractivity contribution >= 4 is 23.5 Å². The van der Waals surface area contributed by atoms with E-state index >= 15 is 0 Å². The van der Waals surface area contributed by atoms with Gasteiger partial charge in [0.05, 0.1) is 7.11 Å². The van der Waals surface area contributed by atoms with E-state index in [0.717, 1.165) is 5.56 Å². The topological polar surface area (TPSA) is 61.8 Å². The van der Waals surface area contributed by atoms with Gasteiger partial charge in [0.15, 0.2) is 11.5 Å². The van der Waals surface area contributed by atoms with Crippen LogP contribution in [0.25, 0.3) is 0 Å². The highest BCUT2D eigenvalue weighted by molar-refractivity contribution is 6.30. The van der Waals surface area contributed by atoms with E-state index in [1.165, 1.54) is 7.11 Å². The molecule has 0 aromatic heterocycles. The van der Waals surface area contributed by atoms with Crippen LogP contribution in [0.15, 0.2) is 42.5 Å². The second kappa shape index (κ2) is 9.08. The number of methoxy groups -OCH3 is 1. The molecule has 0 atom stereocenters. The summed E-state index contributed by atoms with van der Waals surface area (Å²) >= 11 is 5.82. The van der Waals surface area contributed by atoms with E-state index in [-0.39, 0.29) is 12.8 Å². The van der Waals surface area contributed by atoms with Crippen molar-refractivity contribution < 1.29 is 23.8 Å². The molecule has 0 heterocycles. The van der Waals surface area contributed by atoms with Gasteiger partial charge < -0.3 is 14.2 Å². The molecule has 0 aliphatic heterocycles. The van der Waals surface area contributed by atoms with Gasteiger partial charge in [-0.1, -0.05) is 23.7 Å². The molecule has 0 saturated carbocycles. The first-order chi connectivity index (χ1) is 12.0. The molecule has 0 saturated heterocycles. The van der Waals surface area contributed by atoms with Crippen LogP contribution < -0.4 is 14.2 Å². The van der Waals surface area contributed by atoms with E-state index in [4.69, 9.17) is 25.8 Å². The van der Waals surface area contributed by atoms with Crippen molar-refractivity contribution in [3.8, 4) is 17.2 Å². The highest BCUT2D eigenvalue weighted by atomic mass is 35.5. The molecular weight excluding hydrogens is 344 g/mol. The first-order valence-corrected chi connectivity index (χ1v) is 8.17. The molecular formula is C19H19ClO5. The Labute approximate surface area is 151 Å². The van der Waals surface area contributed by atoms with Crippen molar-refractivity contribution in [2.45, 2.75) is 26.2 Å². The third-order valence-electron chi connectivity index (χ3n) is 3.33. The number of carbonyl (C=O) groups excluding carboxylic acids is 2. The lowest BCUT2D eigenvalue weighted by molar-refractivity contribution is -0.136. The molecule has 0 radical (unpaired) electrons. The van der Waals surface area contributed by atoms with Crippen LogP contribution in [0, 0.1) is 6.92 Å². The van der Waals surface area contributed by atoms with Crippen molar-refractivity contribution in [3.05, 3.63) is 53.1 Å². The van der Waals surface area contributed by atoms with Crippen LogP contribution in [0.4, 0.5) is 0 Å². The fraction of sp³-hybridized carbons (Fsp3) is 0.263. The van der Waals surface area contributed by atoms with Gasteiger partial charge >= 0.3 is 11.9 Å². The normalized spacial score (nSPS) is 10.2. The number of halogens is 1. The van der Waals surface area contributed by atoms with Crippen LogP contribution in [0.5, 0.6) is 17.2 Å². The molecule has 132 valence electrons. The number of hydrogen-bond acceptors (Lipinski definition) is 5. The molecule has 6 heteroatoms. The smallest absolute Gasteiger partial charge is 0.311 e. The van der Waals surface area contributed by atoms with E-state index < -0.39 is 11.9 Å². The number of aryl methyl sites for hydroxylation is 1. The second-order valence-electron chi connectivity index (χ2n) is 5.41. The van der Waals surface area contributed by atoms with E-state index in [1.807, 2.05) is 13.0 Å². The van der Waals surface area contributed by atoms with Gasteiger partial charge in [-0.15, -0.1) is 0 Å². The van der Waals surface area contributed by atoms with Crippen LogP contribution in [0.1, 0.15) is 24.8 Å². The Hall–Kier alpha value is -2.53. The fourth-order valence-corrected chi connectivity index (χ4v) is 2.31. The minimum absolute atomic E-state index is 0.0990. The summed E-state index contributed by atoms with van der Waals surface area (Å²) in [5.41, 5.74) is 0.952. The number of carbonyl (C=O) groups is 2. The molecule has 0 aliphatic carbocycles.